The number of nitrogen functional groups attached to an aromatic ring is 1. The van der Waals surface area contributed by atoms with E-state index in [9.17, 15) is 9.90 Å². The number of Topliss-reactive ketones (excluding diaryl/α,β-unsaturated/α-hetero) is 1. The number of fused-ring (bicyclic) bond motifs is 1. The summed E-state index contributed by atoms with van der Waals surface area (Å²) in [6, 6.07) is 11.3. The molecule has 0 amide bonds. The molecule has 1 aromatic heterocycles. The average molecular weight is 375 g/mol. The molecule has 1 fully saturated rings. The summed E-state index contributed by atoms with van der Waals surface area (Å²) in [5.41, 5.74) is 10.7. The van der Waals surface area contributed by atoms with Gasteiger partial charge in [0.15, 0.2) is 5.78 Å². The van der Waals surface area contributed by atoms with Crippen LogP contribution in [0.2, 0.25) is 0 Å². The standard InChI is InChI=1S/C23H25N3O2/c1-3-26(4-2)22-17-11-15(16-8-10-21(27)19(24)12-16)7-9-20(17)25-13-18(22)23(28)14-5-6-14/h7-14,27H,3-6,24H2,1-2H3. The first-order valence-corrected chi connectivity index (χ1v) is 9.84. The Hall–Kier alpha value is -3.08. The first-order valence-electron chi connectivity index (χ1n) is 9.84. The van der Waals surface area contributed by atoms with Gasteiger partial charge in [0.25, 0.3) is 0 Å². The third-order valence-corrected chi connectivity index (χ3v) is 5.49. The Balaban J connectivity index is 1.93. The van der Waals surface area contributed by atoms with Crippen LogP contribution in [0.3, 0.4) is 0 Å². The van der Waals surface area contributed by atoms with E-state index in [1.165, 1.54) is 0 Å². The van der Waals surface area contributed by atoms with Gasteiger partial charge in [0.1, 0.15) is 5.75 Å². The van der Waals surface area contributed by atoms with E-state index < -0.39 is 0 Å². The third-order valence-electron chi connectivity index (χ3n) is 5.49. The first kappa shape index (κ1) is 18.3. The Labute approximate surface area is 164 Å². The van der Waals surface area contributed by atoms with Crippen molar-refractivity contribution < 1.29 is 9.90 Å². The summed E-state index contributed by atoms with van der Waals surface area (Å²) in [5.74, 6) is 0.427. The van der Waals surface area contributed by atoms with Crippen molar-refractivity contribution in [2.75, 3.05) is 23.7 Å². The molecule has 3 N–H and O–H groups in total. The number of rotatable bonds is 6. The number of aromatic hydroxyl groups is 1. The zero-order valence-electron chi connectivity index (χ0n) is 16.3. The van der Waals surface area contributed by atoms with Crippen molar-refractivity contribution in [2.45, 2.75) is 26.7 Å². The summed E-state index contributed by atoms with van der Waals surface area (Å²) in [6.07, 6.45) is 3.69. The lowest BCUT2D eigenvalue weighted by atomic mass is 9.98. The molecule has 0 unspecified atom stereocenters. The summed E-state index contributed by atoms with van der Waals surface area (Å²) in [6.45, 7) is 5.84. The molecule has 144 valence electrons. The van der Waals surface area contributed by atoms with E-state index in [2.05, 4.69) is 29.8 Å². The van der Waals surface area contributed by atoms with Crippen molar-refractivity contribution in [3.8, 4) is 16.9 Å². The second-order valence-corrected chi connectivity index (χ2v) is 7.34. The molecule has 0 atom stereocenters. The molecule has 0 saturated heterocycles. The molecule has 5 heteroatoms. The number of pyridine rings is 1. The minimum Gasteiger partial charge on any atom is -0.506 e. The monoisotopic (exact) mass is 375 g/mol. The molecule has 1 aliphatic rings. The van der Waals surface area contributed by atoms with Crippen molar-refractivity contribution in [3.05, 3.63) is 48.2 Å². The van der Waals surface area contributed by atoms with Gasteiger partial charge in [-0.1, -0.05) is 12.1 Å². The molecule has 4 rings (SSSR count). The highest BCUT2D eigenvalue weighted by Crippen LogP contribution is 2.39. The topological polar surface area (TPSA) is 79.5 Å². The van der Waals surface area contributed by atoms with Gasteiger partial charge in [0.2, 0.25) is 0 Å². The molecule has 2 aromatic carbocycles. The largest absolute Gasteiger partial charge is 0.506 e. The van der Waals surface area contributed by atoms with Gasteiger partial charge in [-0.2, -0.15) is 0 Å². The Kier molecular flexibility index (Phi) is 4.67. The average Bonchev–Trinajstić information content (AvgIpc) is 3.55. The number of aromatic nitrogens is 1. The van der Waals surface area contributed by atoms with Gasteiger partial charge in [0.05, 0.1) is 22.5 Å². The van der Waals surface area contributed by atoms with Crippen LogP contribution < -0.4 is 10.6 Å². The minimum absolute atomic E-state index is 0.0763. The highest BCUT2D eigenvalue weighted by molar-refractivity contribution is 6.10. The van der Waals surface area contributed by atoms with E-state index in [1.807, 2.05) is 18.2 Å². The van der Waals surface area contributed by atoms with Gasteiger partial charge < -0.3 is 15.7 Å². The number of ketones is 1. The number of hydrogen-bond acceptors (Lipinski definition) is 5. The van der Waals surface area contributed by atoms with Crippen LogP contribution in [0.4, 0.5) is 11.4 Å². The predicted molar refractivity (Wildman–Crippen MR) is 114 cm³/mol. The van der Waals surface area contributed by atoms with Crippen LogP contribution in [0.15, 0.2) is 42.6 Å². The minimum atomic E-state index is 0.0763. The number of benzene rings is 2. The summed E-state index contributed by atoms with van der Waals surface area (Å²) in [5, 5.41) is 10.7. The van der Waals surface area contributed by atoms with Gasteiger partial charge >= 0.3 is 0 Å². The molecule has 0 bridgehead atoms. The van der Waals surface area contributed by atoms with Crippen LogP contribution in [-0.4, -0.2) is 29.0 Å². The summed E-state index contributed by atoms with van der Waals surface area (Å²) in [4.78, 5) is 19.7. The summed E-state index contributed by atoms with van der Waals surface area (Å²) < 4.78 is 0. The number of phenolic OH excluding ortho intramolecular Hbond substituents is 1. The summed E-state index contributed by atoms with van der Waals surface area (Å²) in [7, 11) is 0. The van der Waals surface area contributed by atoms with E-state index in [0.29, 0.717) is 5.69 Å². The second-order valence-electron chi connectivity index (χ2n) is 7.34. The lowest BCUT2D eigenvalue weighted by Crippen LogP contribution is -2.25. The zero-order chi connectivity index (χ0) is 19.8. The summed E-state index contributed by atoms with van der Waals surface area (Å²) >= 11 is 0. The second kappa shape index (κ2) is 7.15. The fourth-order valence-corrected chi connectivity index (χ4v) is 3.72. The molecule has 1 saturated carbocycles. The van der Waals surface area contributed by atoms with E-state index in [0.717, 1.165) is 59.2 Å². The van der Waals surface area contributed by atoms with Crippen molar-refractivity contribution in [2.24, 2.45) is 5.92 Å². The maximum atomic E-state index is 12.9. The van der Waals surface area contributed by atoms with E-state index >= 15 is 0 Å². The Morgan fingerprint density at radius 1 is 1.14 bits per heavy atom. The van der Waals surface area contributed by atoms with Crippen molar-refractivity contribution in [3.63, 3.8) is 0 Å². The number of nitrogens with zero attached hydrogens (tertiary/aromatic N) is 2. The Morgan fingerprint density at radius 3 is 2.46 bits per heavy atom. The molecule has 3 aromatic rings. The SMILES string of the molecule is CCN(CC)c1c(C(=O)C2CC2)cnc2ccc(-c3ccc(O)c(N)c3)cc12. The van der Waals surface area contributed by atoms with Gasteiger partial charge in [-0.25, -0.2) is 0 Å². The first-order chi connectivity index (χ1) is 13.5. The third kappa shape index (κ3) is 3.17. The molecule has 1 heterocycles. The molecule has 0 spiro atoms. The molecular formula is C23H25N3O2. The van der Waals surface area contributed by atoms with Crippen LogP contribution in [0.1, 0.15) is 37.0 Å². The quantitative estimate of drug-likeness (QED) is 0.373. The van der Waals surface area contributed by atoms with Crippen molar-refractivity contribution in [1.82, 2.24) is 4.98 Å². The predicted octanol–water partition coefficient (Wildman–Crippen LogP) is 4.63. The number of carbonyl (C=O) groups is 1. The number of hydrogen-bond donors (Lipinski definition) is 2. The molecule has 0 aliphatic heterocycles. The number of nitrogens with two attached hydrogens (primary N) is 1. The van der Waals surface area contributed by atoms with Gasteiger partial charge in [-0.05, 0) is 62.1 Å². The van der Waals surface area contributed by atoms with Crippen LogP contribution in [0.5, 0.6) is 5.75 Å². The van der Waals surface area contributed by atoms with E-state index in [-0.39, 0.29) is 17.5 Å². The van der Waals surface area contributed by atoms with Crippen LogP contribution in [-0.2, 0) is 0 Å². The highest BCUT2D eigenvalue weighted by Gasteiger charge is 2.33. The molecule has 0 radical (unpaired) electrons. The fraction of sp³-hybridized carbons (Fsp3) is 0.304. The van der Waals surface area contributed by atoms with Crippen molar-refractivity contribution in [1.29, 1.82) is 0 Å². The van der Waals surface area contributed by atoms with Gasteiger partial charge in [0, 0.05) is 30.6 Å². The molecular weight excluding hydrogens is 350 g/mol. The van der Waals surface area contributed by atoms with Crippen LogP contribution in [0.25, 0.3) is 22.0 Å². The van der Waals surface area contributed by atoms with Gasteiger partial charge in [-0.3, -0.25) is 9.78 Å². The van der Waals surface area contributed by atoms with Crippen LogP contribution >= 0.6 is 0 Å². The van der Waals surface area contributed by atoms with E-state index in [4.69, 9.17) is 5.73 Å². The lowest BCUT2D eigenvalue weighted by Gasteiger charge is -2.25. The number of anilines is 2. The molecule has 28 heavy (non-hydrogen) atoms. The maximum absolute atomic E-state index is 12.9. The van der Waals surface area contributed by atoms with E-state index in [1.54, 1.807) is 18.3 Å². The molecule has 1 aliphatic carbocycles. The fourth-order valence-electron chi connectivity index (χ4n) is 3.72. The smallest absolute Gasteiger partial charge is 0.169 e. The lowest BCUT2D eigenvalue weighted by molar-refractivity contribution is 0.0968. The number of phenols is 1. The zero-order valence-corrected chi connectivity index (χ0v) is 16.3. The highest BCUT2D eigenvalue weighted by atomic mass is 16.3. The Morgan fingerprint density at radius 2 is 1.82 bits per heavy atom. The normalized spacial score (nSPS) is 13.6. The van der Waals surface area contributed by atoms with Gasteiger partial charge in [-0.15, -0.1) is 0 Å². The van der Waals surface area contributed by atoms with Crippen molar-refractivity contribution >= 4 is 28.1 Å². The number of carbonyl (C=O) groups excluding carboxylic acids is 1. The molecule has 5 nitrogen and oxygen atoms in total. The maximum Gasteiger partial charge on any atom is 0.169 e. The van der Waals surface area contributed by atoms with Crippen LogP contribution in [0, 0.1) is 5.92 Å². The Bertz CT molecular complexity index is 1050.